The Bertz CT molecular complexity index is 1230. The fourth-order valence-corrected chi connectivity index (χ4v) is 5.08. The molecular weight excluding hydrogens is 481 g/mol. The van der Waals surface area contributed by atoms with Crippen LogP contribution in [0.3, 0.4) is 0 Å². The van der Waals surface area contributed by atoms with E-state index in [1.165, 1.54) is 11.8 Å². The summed E-state index contributed by atoms with van der Waals surface area (Å²) < 4.78 is 11.2. The number of ether oxygens (including phenoxy) is 2. The second-order valence-electron chi connectivity index (χ2n) is 7.20. The van der Waals surface area contributed by atoms with E-state index >= 15 is 0 Å². The van der Waals surface area contributed by atoms with E-state index < -0.39 is 12.0 Å². The van der Waals surface area contributed by atoms with Gasteiger partial charge in [-0.15, -0.1) is 0 Å². The summed E-state index contributed by atoms with van der Waals surface area (Å²) in [5, 5.41) is 12.5. The van der Waals surface area contributed by atoms with Crippen LogP contribution in [0.1, 0.15) is 36.6 Å². The number of hydrogen-bond acceptors (Lipinski definition) is 7. The number of benzene rings is 2. The molecule has 0 radical (unpaired) electrons. The van der Waals surface area contributed by atoms with Crippen LogP contribution < -0.4 is 4.74 Å². The molecule has 4 rings (SSSR count). The van der Waals surface area contributed by atoms with Gasteiger partial charge in [-0.1, -0.05) is 53.2 Å². The smallest absolute Gasteiger partial charge is 0.338 e. The van der Waals surface area contributed by atoms with Crippen molar-refractivity contribution in [1.82, 2.24) is 4.90 Å². The molecule has 2 aliphatic heterocycles. The minimum Gasteiger partial charge on any atom is -0.486 e. The quantitative estimate of drug-likeness (QED) is 0.439. The van der Waals surface area contributed by atoms with Crippen LogP contribution in [0.4, 0.5) is 0 Å². The number of nitriles is 1. The van der Waals surface area contributed by atoms with Crippen molar-refractivity contribution in [3.63, 3.8) is 0 Å². The van der Waals surface area contributed by atoms with Crippen molar-refractivity contribution >= 4 is 46.1 Å². The normalized spacial score (nSPS) is 16.9. The molecule has 0 unspecified atom stereocenters. The maximum Gasteiger partial charge on any atom is 0.338 e. The van der Waals surface area contributed by atoms with Gasteiger partial charge in [0.1, 0.15) is 6.61 Å². The van der Waals surface area contributed by atoms with E-state index in [4.69, 9.17) is 32.7 Å². The maximum absolute atomic E-state index is 12.8. The van der Waals surface area contributed by atoms with Gasteiger partial charge in [0.15, 0.2) is 10.9 Å². The Morgan fingerprint density at radius 2 is 2.00 bits per heavy atom. The van der Waals surface area contributed by atoms with E-state index in [1.54, 1.807) is 38.1 Å². The lowest BCUT2D eigenvalue weighted by Crippen LogP contribution is -2.34. The third kappa shape index (κ3) is 4.60. The van der Waals surface area contributed by atoms with Crippen molar-refractivity contribution in [2.24, 2.45) is 4.99 Å². The first-order valence-electron chi connectivity index (χ1n) is 10.1. The van der Waals surface area contributed by atoms with Crippen molar-refractivity contribution in [3.8, 4) is 11.8 Å². The number of esters is 1. The summed E-state index contributed by atoms with van der Waals surface area (Å²) in [5.74, 6) is -0.127. The fourth-order valence-electron chi connectivity index (χ4n) is 3.68. The van der Waals surface area contributed by atoms with Crippen LogP contribution in [0.2, 0.25) is 10.0 Å². The topological polar surface area (TPSA) is 74.9 Å². The van der Waals surface area contributed by atoms with Crippen LogP contribution in [-0.4, -0.2) is 22.6 Å². The molecule has 0 aliphatic carbocycles. The van der Waals surface area contributed by atoms with Gasteiger partial charge < -0.3 is 14.4 Å². The van der Waals surface area contributed by atoms with Gasteiger partial charge in [0.2, 0.25) is 0 Å². The van der Waals surface area contributed by atoms with E-state index in [2.05, 4.69) is 11.1 Å². The molecule has 0 aromatic heterocycles. The zero-order valence-corrected chi connectivity index (χ0v) is 20.2. The molecule has 2 aliphatic rings. The molecule has 2 aromatic rings. The Labute approximate surface area is 206 Å². The average Bonchev–Trinajstić information content (AvgIpc) is 3.25. The molecule has 0 N–H and O–H groups in total. The van der Waals surface area contributed by atoms with Crippen molar-refractivity contribution in [2.75, 3.05) is 6.61 Å². The molecule has 0 saturated carbocycles. The molecule has 1 atom stereocenters. The van der Waals surface area contributed by atoms with Crippen molar-refractivity contribution in [2.45, 2.75) is 26.5 Å². The summed E-state index contributed by atoms with van der Waals surface area (Å²) in [7, 11) is 0. The summed E-state index contributed by atoms with van der Waals surface area (Å²) in [6, 6.07) is 12.3. The predicted octanol–water partition coefficient (Wildman–Crippen LogP) is 6.21. The van der Waals surface area contributed by atoms with Crippen molar-refractivity contribution in [1.29, 1.82) is 5.26 Å². The lowest BCUT2D eigenvalue weighted by molar-refractivity contribution is -0.139. The number of rotatable bonds is 6. The highest BCUT2D eigenvalue weighted by Gasteiger charge is 2.38. The number of fused-ring (bicyclic) bond motifs is 1. The molecule has 0 bridgehead atoms. The lowest BCUT2D eigenvalue weighted by atomic mass is 9.94. The molecule has 0 fully saturated rings. The first-order valence-corrected chi connectivity index (χ1v) is 11.8. The Kier molecular flexibility index (Phi) is 6.99. The standard InChI is InChI=1S/C24H19Cl2N3O3S/c1-3-31-23(30)20-14(2)28-24-29(8-9-33-24)21(20)17-10-18(25)22(19(26)11-17)32-13-16-7-5-4-6-15(16)12-27/h4-11,21H,3,13H2,1-2H3/t21-/m0/s1. The van der Waals surface area contributed by atoms with Gasteiger partial charge in [-0.05, 0) is 43.0 Å². The number of amidine groups is 1. The van der Waals surface area contributed by atoms with Gasteiger partial charge in [-0.3, -0.25) is 0 Å². The number of aliphatic imine (C=N–C) groups is 1. The van der Waals surface area contributed by atoms with Gasteiger partial charge in [0.25, 0.3) is 0 Å². The second-order valence-corrected chi connectivity index (χ2v) is 8.89. The number of allylic oxidation sites excluding steroid dienone is 1. The van der Waals surface area contributed by atoms with E-state index in [0.717, 1.165) is 10.7 Å². The monoisotopic (exact) mass is 499 g/mol. The first-order chi connectivity index (χ1) is 15.9. The molecule has 2 heterocycles. The van der Waals surface area contributed by atoms with Gasteiger partial charge in [0.05, 0.1) is 45.6 Å². The fraction of sp³-hybridized carbons (Fsp3) is 0.208. The summed E-state index contributed by atoms with van der Waals surface area (Å²) in [4.78, 5) is 19.3. The molecule has 0 amide bonds. The molecule has 6 nitrogen and oxygen atoms in total. The first kappa shape index (κ1) is 23.2. The van der Waals surface area contributed by atoms with Crippen LogP contribution in [0.25, 0.3) is 0 Å². The maximum atomic E-state index is 12.8. The molecule has 168 valence electrons. The Balaban J connectivity index is 1.69. The van der Waals surface area contributed by atoms with Crippen LogP contribution in [0, 0.1) is 11.3 Å². The summed E-state index contributed by atoms with van der Waals surface area (Å²) in [6.07, 6.45) is 1.87. The Hall–Kier alpha value is -2.92. The molecule has 33 heavy (non-hydrogen) atoms. The van der Waals surface area contributed by atoms with E-state index in [-0.39, 0.29) is 13.2 Å². The highest BCUT2D eigenvalue weighted by Crippen LogP contribution is 2.44. The van der Waals surface area contributed by atoms with E-state index in [1.807, 2.05) is 28.6 Å². The minimum atomic E-state index is -0.494. The van der Waals surface area contributed by atoms with Crippen LogP contribution in [-0.2, 0) is 16.1 Å². The SMILES string of the molecule is CCOC(=O)C1=C(C)N=C2SC=CN2[C@H]1c1cc(Cl)c(OCc2ccccc2C#N)c(Cl)c1. The summed E-state index contributed by atoms with van der Waals surface area (Å²) >= 11 is 14.6. The molecule has 0 spiro atoms. The Morgan fingerprint density at radius 1 is 1.27 bits per heavy atom. The Morgan fingerprint density at radius 3 is 2.70 bits per heavy atom. The zero-order valence-electron chi connectivity index (χ0n) is 17.8. The van der Waals surface area contributed by atoms with Gasteiger partial charge in [-0.25, -0.2) is 9.79 Å². The third-order valence-electron chi connectivity index (χ3n) is 5.16. The molecule has 2 aromatic carbocycles. The van der Waals surface area contributed by atoms with Gasteiger partial charge in [0, 0.05) is 11.8 Å². The van der Waals surface area contributed by atoms with Crippen molar-refractivity contribution < 1.29 is 14.3 Å². The van der Waals surface area contributed by atoms with E-state index in [9.17, 15) is 10.1 Å². The average molecular weight is 500 g/mol. The number of halogens is 2. The van der Waals surface area contributed by atoms with Gasteiger partial charge in [-0.2, -0.15) is 5.26 Å². The number of carbonyl (C=O) groups is 1. The lowest BCUT2D eigenvalue weighted by Gasteiger charge is -2.33. The molecule has 0 saturated heterocycles. The minimum absolute atomic E-state index is 0.140. The third-order valence-corrected chi connectivity index (χ3v) is 6.49. The molecular formula is C24H19Cl2N3O3S. The van der Waals surface area contributed by atoms with Gasteiger partial charge >= 0.3 is 5.97 Å². The number of nitrogens with zero attached hydrogens (tertiary/aromatic N) is 3. The van der Waals surface area contributed by atoms with Crippen LogP contribution in [0.5, 0.6) is 5.75 Å². The van der Waals surface area contributed by atoms with E-state index in [0.29, 0.717) is 38.2 Å². The van der Waals surface area contributed by atoms with Crippen molar-refractivity contribution in [3.05, 3.63) is 86.0 Å². The number of thioether (sulfide) groups is 1. The number of hydrogen-bond donors (Lipinski definition) is 0. The molecule has 9 heteroatoms. The second kappa shape index (κ2) is 9.92. The summed E-state index contributed by atoms with van der Waals surface area (Å²) in [5.41, 5.74) is 2.97. The zero-order chi connectivity index (χ0) is 23.5. The highest BCUT2D eigenvalue weighted by molar-refractivity contribution is 8.16. The van der Waals surface area contributed by atoms with Crippen LogP contribution >= 0.6 is 35.0 Å². The number of carbonyl (C=O) groups excluding carboxylic acids is 1. The highest BCUT2D eigenvalue weighted by atomic mass is 35.5. The largest absolute Gasteiger partial charge is 0.486 e. The summed E-state index contributed by atoms with van der Waals surface area (Å²) in [6.45, 7) is 3.94. The predicted molar refractivity (Wildman–Crippen MR) is 130 cm³/mol. The van der Waals surface area contributed by atoms with Crippen LogP contribution in [0.15, 0.2) is 64.3 Å².